The van der Waals surface area contributed by atoms with Crippen LogP contribution < -0.4 is 11.1 Å². The number of hydrogen-bond acceptors (Lipinski definition) is 3. The molecule has 1 aliphatic rings. The van der Waals surface area contributed by atoms with Crippen LogP contribution in [0, 0.1) is 0 Å². The first-order chi connectivity index (χ1) is 14.6. The average Bonchev–Trinajstić information content (AvgIpc) is 3.24. The van der Waals surface area contributed by atoms with E-state index in [0.29, 0.717) is 23.7 Å². The minimum atomic E-state index is -0.435. The molecule has 0 aromatic heterocycles. The molecular formula is C25H27N3O2. The summed E-state index contributed by atoms with van der Waals surface area (Å²) in [5.41, 5.74) is 8.56. The second kappa shape index (κ2) is 8.67. The van der Waals surface area contributed by atoms with Gasteiger partial charge in [0.15, 0.2) is 0 Å². The zero-order valence-electron chi connectivity index (χ0n) is 17.2. The maximum absolute atomic E-state index is 12.7. The molecule has 1 aliphatic heterocycles. The van der Waals surface area contributed by atoms with E-state index in [0.717, 1.165) is 41.4 Å². The number of likely N-dealkylation sites (N-methyl/N-ethyl adjacent to an activating group) is 1. The lowest BCUT2D eigenvalue weighted by Crippen LogP contribution is -2.40. The topological polar surface area (TPSA) is 75.4 Å². The summed E-state index contributed by atoms with van der Waals surface area (Å²) in [5.74, 6) is -0.467. The van der Waals surface area contributed by atoms with Crippen LogP contribution in [0.1, 0.15) is 40.5 Å². The van der Waals surface area contributed by atoms with Gasteiger partial charge in [-0.3, -0.25) is 14.5 Å². The number of carbonyl (C=O) groups is 2. The summed E-state index contributed by atoms with van der Waals surface area (Å²) in [5, 5.41) is 5.18. The van der Waals surface area contributed by atoms with Crippen molar-refractivity contribution in [1.82, 2.24) is 10.2 Å². The third-order valence-corrected chi connectivity index (χ3v) is 6.03. The molecule has 3 aromatic rings. The van der Waals surface area contributed by atoms with E-state index in [1.807, 2.05) is 48.5 Å². The van der Waals surface area contributed by atoms with Crippen molar-refractivity contribution in [2.24, 2.45) is 5.73 Å². The lowest BCUT2D eigenvalue weighted by atomic mass is 9.96. The van der Waals surface area contributed by atoms with E-state index in [9.17, 15) is 9.59 Å². The Balaban J connectivity index is 1.54. The standard InChI is InChI=1S/C25H27N3O2/c1-2-28-14-4-6-21(28)16-27-25(30)20-12-13-23-19(15-20)5-3-7-22(23)17-8-10-18(11-9-17)24(26)29/h3,5,7-13,15,21H,2,4,6,14,16H2,1H3,(H2,26,29)(H,27,30)/t21-/m0/s1. The first-order valence-corrected chi connectivity index (χ1v) is 10.5. The van der Waals surface area contributed by atoms with Gasteiger partial charge < -0.3 is 11.1 Å². The van der Waals surface area contributed by atoms with Crippen LogP contribution >= 0.6 is 0 Å². The first kappa shape index (κ1) is 20.1. The van der Waals surface area contributed by atoms with Crippen LogP contribution in [0.15, 0.2) is 60.7 Å². The second-order valence-electron chi connectivity index (χ2n) is 7.82. The number of nitrogens with one attached hydrogen (secondary N) is 1. The number of benzene rings is 3. The number of hydrogen-bond donors (Lipinski definition) is 2. The second-order valence-corrected chi connectivity index (χ2v) is 7.82. The summed E-state index contributed by atoms with van der Waals surface area (Å²) in [6, 6.07) is 19.6. The van der Waals surface area contributed by atoms with Crippen molar-refractivity contribution >= 4 is 22.6 Å². The fraction of sp³-hybridized carbons (Fsp3) is 0.280. The summed E-state index contributed by atoms with van der Waals surface area (Å²) < 4.78 is 0. The molecule has 5 heteroatoms. The number of nitrogens with two attached hydrogens (primary N) is 1. The number of carbonyl (C=O) groups excluding carboxylic acids is 2. The highest BCUT2D eigenvalue weighted by Gasteiger charge is 2.23. The molecule has 4 rings (SSSR count). The van der Waals surface area contributed by atoms with Crippen LogP contribution in [0.25, 0.3) is 21.9 Å². The van der Waals surface area contributed by atoms with Gasteiger partial charge >= 0.3 is 0 Å². The SMILES string of the molecule is CCN1CCC[C@H]1CNC(=O)c1ccc2c(-c3ccc(C(N)=O)cc3)cccc2c1. The Hall–Kier alpha value is -3.18. The van der Waals surface area contributed by atoms with Gasteiger partial charge in [0, 0.05) is 23.7 Å². The molecule has 3 aromatic carbocycles. The molecule has 1 fully saturated rings. The average molecular weight is 402 g/mol. The summed E-state index contributed by atoms with van der Waals surface area (Å²) >= 11 is 0. The van der Waals surface area contributed by atoms with E-state index in [1.54, 1.807) is 12.1 Å². The van der Waals surface area contributed by atoms with E-state index in [4.69, 9.17) is 5.73 Å². The molecule has 0 spiro atoms. The van der Waals surface area contributed by atoms with Gasteiger partial charge in [-0.25, -0.2) is 0 Å². The maximum Gasteiger partial charge on any atom is 0.251 e. The minimum Gasteiger partial charge on any atom is -0.366 e. The quantitative estimate of drug-likeness (QED) is 0.659. The molecule has 0 bridgehead atoms. The number of fused-ring (bicyclic) bond motifs is 1. The highest BCUT2D eigenvalue weighted by Crippen LogP contribution is 2.29. The molecule has 0 unspecified atom stereocenters. The number of nitrogens with zero attached hydrogens (tertiary/aromatic N) is 1. The maximum atomic E-state index is 12.7. The Morgan fingerprint density at radius 2 is 1.83 bits per heavy atom. The van der Waals surface area contributed by atoms with Crippen molar-refractivity contribution in [2.75, 3.05) is 19.6 Å². The van der Waals surface area contributed by atoms with Crippen molar-refractivity contribution in [3.05, 3.63) is 71.8 Å². The normalized spacial score (nSPS) is 16.6. The molecule has 5 nitrogen and oxygen atoms in total. The monoisotopic (exact) mass is 401 g/mol. The Bertz CT molecular complexity index is 1080. The van der Waals surface area contributed by atoms with E-state index < -0.39 is 5.91 Å². The molecule has 30 heavy (non-hydrogen) atoms. The van der Waals surface area contributed by atoms with Crippen molar-refractivity contribution < 1.29 is 9.59 Å². The van der Waals surface area contributed by atoms with Crippen LogP contribution in [0.2, 0.25) is 0 Å². The van der Waals surface area contributed by atoms with Crippen molar-refractivity contribution in [3.63, 3.8) is 0 Å². The van der Waals surface area contributed by atoms with Gasteiger partial charge in [-0.05, 0) is 72.1 Å². The predicted molar refractivity (Wildman–Crippen MR) is 121 cm³/mol. The van der Waals surface area contributed by atoms with E-state index in [-0.39, 0.29) is 5.91 Å². The molecule has 1 saturated heterocycles. The third kappa shape index (κ3) is 4.07. The fourth-order valence-electron chi connectivity index (χ4n) is 4.35. The van der Waals surface area contributed by atoms with Crippen LogP contribution in [0.3, 0.4) is 0 Å². The smallest absolute Gasteiger partial charge is 0.251 e. The number of likely N-dealkylation sites (tertiary alicyclic amines) is 1. The lowest BCUT2D eigenvalue weighted by molar-refractivity contribution is 0.0940. The summed E-state index contributed by atoms with van der Waals surface area (Å²) in [6.45, 7) is 5.01. The zero-order chi connectivity index (χ0) is 21.1. The van der Waals surface area contributed by atoms with Crippen molar-refractivity contribution in [2.45, 2.75) is 25.8 Å². The molecule has 154 valence electrons. The largest absolute Gasteiger partial charge is 0.366 e. The summed E-state index contributed by atoms with van der Waals surface area (Å²) in [6.07, 6.45) is 2.34. The van der Waals surface area contributed by atoms with E-state index in [1.165, 1.54) is 6.42 Å². The molecule has 1 heterocycles. The van der Waals surface area contributed by atoms with Gasteiger partial charge in [0.25, 0.3) is 5.91 Å². The van der Waals surface area contributed by atoms with E-state index in [2.05, 4.69) is 17.1 Å². The molecule has 0 saturated carbocycles. The first-order valence-electron chi connectivity index (χ1n) is 10.5. The van der Waals surface area contributed by atoms with Crippen molar-refractivity contribution in [3.8, 4) is 11.1 Å². The highest BCUT2D eigenvalue weighted by molar-refractivity contribution is 6.03. The van der Waals surface area contributed by atoms with Gasteiger partial charge in [0.2, 0.25) is 5.91 Å². The molecule has 2 amide bonds. The summed E-state index contributed by atoms with van der Waals surface area (Å²) in [7, 11) is 0. The number of primary amides is 1. The van der Waals surface area contributed by atoms with Gasteiger partial charge in [0.1, 0.15) is 0 Å². The molecule has 0 radical (unpaired) electrons. The minimum absolute atomic E-state index is 0.0314. The Morgan fingerprint density at radius 3 is 2.57 bits per heavy atom. The van der Waals surface area contributed by atoms with E-state index >= 15 is 0 Å². The Labute approximate surface area is 176 Å². The molecule has 0 aliphatic carbocycles. The van der Waals surface area contributed by atoms with Gasteiger partial charge in [-0.1, -0.05) is 43.3 Å². The third-order valence-electron chi connectivity index (χ3n) is 6.03. The predicted octanol–water partition coefficient (Wildman–Crippen LogP) is 3.82. The fourth-order valence-corrected chi connectivity index (χ4v) is 4.35. The van der Waals surface area contributed by atoms with Gasteiger partial charge in [0.05, 0.1) is 0 Å². The molecular weight excluding hydrogens is 374 g/mol. The Kier molecular flexibility index (Phi) is 5.81. The lowest BCUT2D eigenvalue weighted by Gasteiger charge is -2.22. The molecule has 3 N–H and O–H groups in total. The summed E-state index contributed by atoms with van der Waals surface area (Å²) in [4.78, 5) is 26.5. The number of amides is 2. The number of rotatable bonds is 6. The van der Waals surface area contributed by atoms with Crippen LogP contribution in [0.5, 0.6) is 0 Å². The van der Waals surface area contributed by atoms with Gasteiger partial charge in [-0.15, -0.1) is 0 Å². The molecule has 1 atom stereocenters. The highest BCUT2D eigenvalue weighted by atomic mass is 16.2. The Morgan fingerprint density at radius 1 is 1.07 bits per heavy atom. The van der Waals surface area contributed by atoms with Crippen LogP contribution in [0.4, 0.5) is 0 Å². The van der Waals surface area contributed by atoms with Gasteiger partial charge in [-0.2, -0.15) is 0 Å². The zero-order valence-corrected chi connectivity index (χ0v) is 17.2. The van der Waals surface area contributed by atoms with Crippen molar-refractivity contribution in [1.29, 1.82) is 0 Å². The van der Waals surface area contributed by atoms with Crippen LogP contribution in [-0.4, -0.2) is 42.4 Å². The van der Waals surface area contributed by atoms with Crippen LogP contribution in [-0.2, 0) is 0 Å².